The first-order valence-corrected chi connectivity index (χ1v) is 9.59. The number of aromatic nitrogens is 1. The molecule has 0 bridgehead atoms. The molecule has 2 heterocycles. The molecule has 5 heteroatoms. The Balaban J connectivity index is 1.46. The molecule has 1 atom stereocenters. The van der Waals surface area contributed by atoms with Gasteiger partial charge in [0, 0.05) is 18.7 Å². The van der Waals surface area contributed by atoms with E-state index in [0.717, 1.165) is 40.2 Å². The van der Waals surface area contributed by atoms with E-state index in [1.807, 2.05) is 35.2 Å². The number of thiazole rings is 1. The van der Waals surface area contributed by atoms with E-state index in [1.54, 1.807) is 35.6 Å². The Morgan fingerprint density at radius 2 is 2.15 bits per heavy atom. The summed E-state index contributed by atoms with van der Waals surface area (Å²) in [6, 6.07) is 14.7. The number of fused-ring (bicyclic) bond motifs is 1. The van der Waals surface area contributed by atoms with Crippen LogP contribution in [0.3, 0.4) is 0 Å². The van der Waals surface area contributed by atoms with Gasteiger partial charge >= 0.3 is 0 Å². The van der Waals surface area contributed by atoms with Crippen LogP contribution in [0.4, 0.5) is 4.39 Å². The van der Waals surface area contributed by atoms with Crippen LogP contribution in [0.5, 0.6) is 0 Å². The maximum Gasteiger partial charge on any atom is 0.246 e. The van der Waals surface area contributed by atoms with Gasteiger partial charge in [0.2, 0.25) is 5.91 Å². The van der Waals surface area contributed by atoms with Gasteiger partial charge in [0.25, 0.3) is 0 Å². The lowest BCUT2D eigenvalue weighted by atomic mass is 10.0. The number of benzene rings is 2. The summed E-state index contributed by atoms with van der Waals surface area (Å²) >= 11 is 1.58. The fourth-order valence-corrected chi connectivity index (χ4v) is 4.34. The molecule has 0 N–H and O–H groups in total. The Kier molecular flexibility index (Phi) is 4.80. The fraction of sp³-hybridized carbons (Fsp3) is 0.238. The van der Waals surface area contributed by atoms with Crippen molar-refractivity contribution < 1.29 is 9.18 Å². The molecular weight excluding hydrogens is 347 g/mol. The Morgan fingerprint density at radius 1 is 1.27 bits per heavy atom. The first kappa shape index (κ1) is 16.9. The SMILES string of the molecule is O=C(C=Cc1nc2ccccc2s1)N1CCCC1Cc1cccc(F)c1. The zero-order valence-electron chi connectivity index (χ0n) is 14.3. The molecule has 132 valence electrons. The monoisotopic (exact) mass is 366 g/mol. The first-order chi connectivity index (χ1) is 12.7. The number of hydrogen-bond acceptors (Lipinski definition) is 3. The van der Waals surface area contributed by atoms with Crippen molar-refractivity contribution in [1.29, 1.82) is 0 Å². The zero-order chi connectivity index (χ0) is 17.9. The van der Waals surface area contributed by atoms with Crippen LogP contribution in [0, 0.1) is 5.82 Å². The normalized spacial score (nSPS) is 17.4. The van der Waals surface area contributed by atoms with Crippen LogP contribution in [0.25, 0.3) is 16.3 Å². The Bertz CT molecular complexity index is 932. The maximum atomic E-state index is 13.4. The molecular formula is C21H19FN2OS. The highest BCUT2D eigenvalue weighted by Crippen LogP contribution is 2.24. The minimum atomic E-state index is -0.228. The van der Waals surface area contributed by atoms with Gasteiger partial charge in [-0.3, -0.25) is 4.79 Å². The lowest BCUT2D eigenvalue weighted by molar-refractivity contribution is -0.126. The molecule has 0 aliphatic carbocycles. The van der Waals surface area contributed by atoms with E-state index in [4.69, 9.17) is 0 Å². The molecule has 1 aromatic heterocycles. The minimum absolute atomic E-state index is 0.00293. The van der Waals surface area contributed by atoms with Crippen LogP contribution in [0.1, 0.15) is 23.4 Å². The Morgan fingerprint density at radius 3 is 3.00 bits per heavy atom. The molecule has 26 heavy (non-hydrogen) atoms. The van der Waals surface area contributed by atoms with Gasteiger partial charge in [0.1, 0.15) is 10.8 Å². The Hall–Kier alpha value is -2.53. The Labute approximate surface area is 155 Å². The molecule has 2 aromatic carbocycles. The second-order valence-electron chi connectivity index (χ2n) is 6.51. The molecule has 1 fully saturated rings. The molecule has 1 unspecified atom stereocenters. The largest absolute Gasteiger partial charge is 0.336 e. The molecule has 1 aliphatic rings. The summed E-state index contributed by atoms with van der Waals surface area (Å²) in [5.74, 6) is -0.225. The summed E-state index contributed by atoms with van der Waals surface area (Å²) in [7, 11) is 0. The standard InChI is InChI=1S/C21H19FN2OS/c22-16-6-3-5-15(13-16)14-17-7-4-12-24(17)21(25)11-10-20-23-18-8-1-2-9-19(18)26-20/h1-3,5-6,8-11,13,17H,4,7,12,14H2. The van der Waals surface area contributed by atoms with E-state index >= 15 is 0 Å². The van der Waals surface area contributed by atoms with E-state index in [-0.39, 0.29) is 17.8 Å². The number of amides is 1. The molecule has 4 rings (SSSR count). The number of para-hydroxylation sites is 1. The van der Waals surface area contributed by atoms with Gasteiger partial charge in [0.15, 0.2) is 0 Å². The van der Waals surface area contributed by atoms with Crippen LogP contribution < -0.4 is 0 Å². The smallest absolute Gasteiger partial charge is 0.246 e. The average Bonchev–Trinajstić information content (AvgIpc) is 3.26. The summed E-state index contributed by atoms with van der Waals surface area (Å²) in [6.45, 7) is 0.753. The maximum absolute atomic E-state index is 13.4. The van der Waals surface area contributed by atoms with Crippen LogP contribution in [0.2, 0.25) is 0 Å². The fourth-order valence-electron chi connectivity index (χ4n) is 3.47. The molecule has 1 saturated heterocycles. The summed E-state index contributed by atoms with van der Waals surface area (Å²) in [4.78, 5) is 19.1. The average molecular weight is 366 g/mol. The number of hydrogen-bond donors (Lipinski definition) is 0. The highest BCUT2D eigenvalue weighted by Gasteiger charge is 2.27. The number of nitrogens with zero attached hydrogens (tertiary/aromatic N) is 2. The molecule has 1 aliphatic heterocycles. The summed E-state index contributed by atoms with van der Waals surface area (Å²) in [5.41, 5.74) is 1.89. The molecule has 3 aromatic rings. The number of carbonyl (C=O) groups excluding carboxylic acids is 1. The zero-order valence-corrected chi connectivity index (χ0v) is 15.1. The van der Waals surface area contributed by atoms with Gasteiger partial charge in [-0.2, -0.15) is 0 Å². The third-order valence-electron chi connectivity index (χ3n) is 4.70. The third-order valence-corrected chi connectivity index (χ3v) is 5.70. The van der Waals surface area contributed by atoms with Gasteiger partial charge in [-0.1, -0.05) is 24.3 Å². The quantitative estimate of drug-likeness (QED) is 0.628. The molecule has 3 nitrogen and oxygen atoms in total. The van der Waals surface area contributed by atoms with Gasteiger partial charge in [-0.25, -0.2) is 9.37 Å². The highest BCUT2D eigenvalue weighted by molar-refractivity contribution is 7.19. The second-order valence-corrected chi connectivity index (χ2v) is 7.58. The van der Waals surface area contributed by atoms with Crippen molar-refractivity contribution in [2.24, 2.45) is 0 Å². The number of likely N-dealkylation sites (tertiary alicyclic amines) is 1. The summed E-state index contributed by atoms with van der Waals surface area (Å²) < 4.78 is 14.5. The van der Waals surface area contributed by atoms with E-state index in [2.05, 4.69) is 4.98 Å². The van der Waals surface area contributed by atoms with Crippen LogP contribution >= 0.6 is 11.3 Å². The van der Waals surface area contributed by atoms with Crippen LogP contribution in [-0.2, 0) is 11.2 Å². The van der Waals surface area contributed by atoms with Gasteiger partial charge < -0.3 is 4.90 Å². The van der Waals surface area contributed by atoms with Crippen molar-refractivity contribution in [3.63, 3.8) is 0 Å². The lowest BCUT2D eigenvalue weighted by Crippen LogP contribution is -2.35. The predicted octanol–water partition coefficient (Wildman–Crippen LogP) is 4.68. The van der Waals surface area contributed by atoms with Gasteiger partial charge in [-0.05, 0) is 55.2 Å². The van der Waals surface area contributed by atoms with E-state index < -0.39 is 0 Å². The van der Waals surface area contributed by atoms with Crippen molar-refractivity contribution in [3.8, 4) is 0 Å². The summed E-state index contributed by atoms with van der Waals surface area (Å²) in [5, 5.41) is 0.834. The number of carbonyl (C=O) groups is 1. The molecule has 0 saturated carbocycles. The minimum Gasteiger partial charge on any atom is -0.336 e. The topological polar surface area (TPSA) is 33.2 Å². The van der Waals surface area contributed by atoms with E-state index in [9.17, 15) is 9.18 Å². The number of halogens is 1. The third kappa shape index (κ3) is 3.68. The number of rotatable bonds is 4. The molecule has 1 amide bonds. The summed E-state index contributed by atoms with van der Waals surface area (Å²) in [6.07, 6.45) is 6.04. The lowest BCUT2D eigenvalue weighted by Gasteiger charge is -2.23. The van der Waals surface area contributed by atoms with E-state index in [0.29, 0.717) is 6.42 Å². The van der Waals surface area contributed by atoms with Crippen molar-refractivity contribution in [2.75, 3.05) is 6.54 Å². The first-order valence-electron chi connectivity index (χ1n) is 8.78. The van der Waals surface area contributed by atoms with Crippen molar-refractivity contribution in [3.05, 3.63) is 71.0 Å². The second kappa shape index (κ2) is 7.38. The van der Waals surface area contributed by atoms with Crippen LogP contribution in [-0.4, -0.2) is 28.4 Å². The predicted molar refractivity (Wildman–Crippen MR) is 103 cm³/mol. The van der Waals surface area contributed by atoms with Crippen molar-refractivity contribution >= 4 is 33.5 Å². The van der Waals surface area contributed by atoms with Crippen molar-refractivity contribution in [2.45, 2.75) is 25.3 Å². The molecule has 0 radical (unpaired) electrons. The van der Waals surface area contributed by atoms with Gasteiger partial charge in [0.05, 0.1) is 10.2 Å². The van der Waals surface area contributed by atoms with Crippen molar-refractivity contribution in [1.82, 2.24) is 9.88 Å². The van der Waals surface area contributed by atoms with Gasteiger partial charge in [-0.15, -0.1) is 11.3 Å². The molecule has 0 spiro atoms. The van der Waals surface area contributed by atoms with E-state index in [1.165, 1.54) is 6.07 Å². The van der Waals surface area contributed by atoms with Crippen LogP contribution in [0.15, 0.2) is 54.6 Å². The highest BCUT2D eigenvalue weighted by atomic mass is 32.1.